The van der Waals surface area contributed by atoms with Gasteiger partial charge < -0.3 is 10.1 Å². The highest BCUT2D eigenvalue weighted by Crippen LogP contribution is 2.60. The Morgan fingerprint density at radius 3 is 2.24 bits per heavy atom. The van der Waals surface area contributed by atoms with Crippen LogP contribution in [0.5, 0.6) is 5.75 Å². The van der Waals surface area contributed by atoms with Crippen molar-refractivity contribution in [1.82, 2.24) is 0 Å². The highest BCUT2D eigenvalue weighted by atomic mass is 35.5. The predicted molar refractivity (Wildman–Crippen MR) is 133 cm³/mol. The number of sulfonamides is 1. The largest absolute Gasteiger partial charge is 0.476 e. The Kier molecular flexibility index (Phi) is 5.16. The minimum atomic E-state index is -3.61. The fourth-order valence-corrected chi connectivity index (χ4v) is 8.34. The summed E-state index contributed by atoms with van der Waals surface area (Å²) in [7, 11) is -3.61. The Bertz CT molecular complexity index is 1210. The summed E-state index contributed by atoms with van der Waals surface area (Å²) in [6.45, 7) is -0.108. The molecule has 1 aliphatic heterocycles. The van der Waals surface area contributed by atoms with E-state index in [-0.39, 0.29) is 12.5 Å². The number of halogens is 1. The second-order valence-corrected chi connectivity index (χ2v) is 13.1. The van der Waals surface area contributed by atoms with Gasteiger partial charge in [0.15, 0.2) is 6.10 Å². The molecule has 0 unspecified atom stereocenters. The van der Waals surface area contributed by atoms with Crippen LogP contribution in [0.4, 0.5) is 11.4 Å². The van der Waals surface area contributed by atoms with Gasteiger partial charge in [0.05, 0.1) is 18.5 Å². The van der Waals surface area contributed by atoms with E-state index >= 15 is 0 Å². The van der Waals surface area contributed by atoms with Gasteiger partial charge in [-0.2, -0.15) is 0 Å². The predicted octanol–water partition coefficient (Wildman–Crippen LogP) is 4.97. The van der Waals surface area contributed by atoms with E-state index in [2.05, 4.69) is 17.4 Å². The van der Waals surface area contributed by atoms with Crippen LogP contribution in [0.3, 0.4) is 0 Å². The maximum atomic E-state index is 13.0. The van der Waals surface area contributed by atoms with Crippen LogP contribution in [-0.4, -0.2) is 33.2 Å². The lowest BCUT2D eigenvalue weighted by molar-refractivity contribution is -0.122. The lowest BCUT2D eigenvalue weighted by Crippen LogP contribution is -2.48. The maximum absolute atomic E-state index is 13.0. The minimum Gasteiger partial charge on any atom is -0.476 e. The summed E-state index contributed by atoms with van der Waals surface area (Å²) in [4.78, 5) is 13.0. The number of nitrogens with one attached hydrogen (secondary N) is 1. The van der Waals surface area contributed by atoms with Crippen LogP contribution >= 0.6 is 11.6 Å². The highest BCUT2D eigenvalue weighted by Gasteiger charge is 2.51. The van der Waals surface area contributed by atoms with E-state index in [0.717, 1.165) is 24.0 Å². The van der Waals surface area contributed by atoms with Gasteiger partial charge >= 0.3 is 0 Å². The molecule has 180 valence electrons. The molecule has 8 heteroatoms. The molecule has 5 aliphatic rings. The van der Waals surface area contributed by atoms with Crippen molar-refractivity contribution >= 4 is 38.9 Å². The number of carbonyl (C=O) groups is 1. The number of ether oxygens (including phenoxy) is 1. The van der Waals surface area contributed by atoms with Gasteiger partial charge in [-0.05, 0) is 97.6 Å². The Labute approximate surface area is 205 Å². The van der Waals surface area contributed by atoms with E-state index < -0.39 is 16.1 Å². The molecule has 4 aliphatic carbocycles. The monoisotopic (exact) mass is 500 g/mol. The number of hydrogen-bond acceptors (Lipinski definition) is 4. The van der Waals surface area contributed by atoms with E-state index in [0.29, 0.717) is 27.6 Å². The summed E-state index contributed by atoms with van der Waals surface area (Å²) in [6, 6.07) is 13.0. The van der Waals surface area contributed by atoms with Crippen molar-refractivity contribution in [2.75, 3.05) is 22.4 Å². The zero-order chi connectivity index (χ0) is 23.7. The van der Waals surface area contributed by atoms with Crippen molar-refractivity contribution in [2.24, 2.45) is 17.8 Å². The molecule has 4 saturated carbocycles. The van der Waals surface area contributed by atoms with E-state index in [1.54, 1.807) is 12.1 Å². The van der Waals surface area contributed by atoms with Crippen molar-refractivity contribution in [3.8, 4) is 5.75 Å². The molecule has 0 spiro atoms. The van der Waals surface area contributed by atoms with Crippen LogP contribution in [0.25, 0.3) is 0 Å². The Balaban J connectivity index is 1.19. The number of fused-ring (bicyclic) bond motifs is 1. The third kappa shape index (κ3) is 3.87. The highest BCUT2D eigenvalue weighted by molar-refractivity contribution is 7.92. The maximum Gasteiger partial charge on any atom is 0.267 e. The molecule has 7 rings (SSSR count). The van der Waals surface area contributed by atoms with E-state index in [1.165, 1.54) is 54.5 Å². The summed E-state index contributed by atoms with van der Waals surface area (Å²) in [5.41, 5.74) is 2.74. The third-order valence-corrected chi connectivity index (χ3v) is 9.67. The molecule has 4 bridgehead atoms. The van der Waals surface area contributed by atoms with E-state index in [1.807, 2.05) is 12.1 Å². The number of anilines is 2. The third-order valence-electron chi connectivity index (χ3n) is 8.29. The first-order chi connectivity index (χ1) is 16.2. The topological polar surface area (TPSA) is 75.7 Å². The number of hydrogen-bond donors (Lipinski definition) is 1. The van der Waals surface area contributed by atoms with Crippen LogP contribution in [0.1, 0.15) is 44.1 Å². The molecule has 1 amide bonds. The van der Waals surface area contributed by atoms with Crippen molar-refractivity contribution in [3.05, 3.63) is 53.1 Å². The molecule has 1 N–H and O–H groups in total. The number of rotatable bonds is 4. The fourth-order valence-electron chi connectivity index (χ4n) is 7.27. The standard InChI is InChI=1S/C26H29ClN2O4S/c1-34(31,32)29-15-24(33-23-7-4-20(27)11-22(23)29)25(30)28-21-5-2-19(3-6-21)26-12-16-8-17(13-26)10-18(9-16)14-26/h2-7,11,16-18,24H,8-10,12-15H2,1H3,(H,28,30)/t16?,17?,18?,24-,26?/m1/s1. The number of carbonyl (C=O) groups excluding carboxylic acids is 1. The molecule has 1 atom stereocenters. The summed E-state index contributed by atoms with van der Waals surface area (Å²) >= 11 is 6.05. The molecule has 34 heavy (non-hydrogen) atoms. The second kappa shape index (κ2) is 7.89. The van der Waals surface area contributed by atoms with Gasteiger partial charge in [-0.25, -0.2) is 8.42 Å². The molecule has 0 saturated heterocycles. The quantitative estimate of drug-likeness (QED) is 0.642. The average Bonchev–Trinajstić information content (AvgIpc) is 2.77. The van der Waals surface area contributed by atoms with Gasteiger partial charge in [0.1, 0.15) is 5.75 Å². The normalized spacial score (nSPS) is 31.6. The molecule has 4 fully saturated rings. The Morgan fingerprint density at radius 1 is 1.03 bits per heavy atom. The molecule has 0 aromatic heterocycles. The Morgan fingerprint density at radius 2 is 1.65 bits per heavy atom. The number of amides is 1. The molecule has 2 aromatic rings. The second-order valence-electron chi connectivity index (χ2n) is 10.8. The minimum absolute atomic E-state index is 0.108. The average molecular weight is 501 g/mol. The smallest absolute Gasteiger partial charge is 0.267 e. The van der Waals surface area contributed by atoms with Gasteiger partial charge in [-0.3, -0.25) is 9.10 Å². The molecule has 0 radical (unpaired) electrons. The van der Waals surface area contributed by atoms with Crippen LogP contribution in [0.2, 0.25) is 5.02 Å². The lowest BCUT2D eigenvalue weighted by atomic mass is 9.48. The van der Waals surface area contributed by atoms with Gasteiger partial charge in [0.2, 0.25) is 10.0 Å². The molecule has 2 aromatic carbocycles. The first kappa shape index (κ1) is 22.2. The van der Waals surface area contributed by atoms with Crippen LogP contribution in [0.15, 0.2) is 42.5 Å². The molecule has 6 nitrogen and oxygen atoms in total. The molecule has 1 heterocycles. The van der Waals surface area contributed by atoms with Crippen molar-refractivity contribution in [3.63, 3.8) is 0 Å². The number of nitrogens with zero attached hydrogens (tertiary/aromatic N) is 1. The van der Waals surface area contributed by atoms with E-state index in [4.69, 9.17) is 16.3 Å². The SMILES string of the molecule is CS(=O)(=O)N1C[C@H](C(=O)Nc2ccc(C34CC5CC(CC(C5)C3)C4)cc2)Oc2ccc(Cl)cc21. The van der Waals surface area contributed by atoms with Gasteiger partial charge in [-0.1, -0.05) is 23.7 Å². The number of benzene rings is 2. The zero-order valence-corrected chi connectivity index (χ0v) is 20.7. The van der Waals surface area contributed by atoms with Gasteiger partial charge in [0.25, 0.3) is 5.91 Å². The van der Waals surface area contributed by atoms with Crippen LogP contribution in [0, 0.1) is 17.8 Å². The van der Waals surface area contributed by atoms with Gasteiger partial charge in [0, 0.05) is 10.7 Å². The molecular formula is C26H29ClN2O4S. The van der Waals surface area contributed by atoms with E-state index in [9.17, 15) is 13.2 Å². The Hall–Kier alpha value is -2.25. The zero-order valence-electron chi connectivity index (χ0n) is 19.2. The van der Waals surface area contributed by atoms with Crippen molar-refractivity contribution in [2.45, 2.75) is 50.0 Å². The summed E-state index contributed by atoms with van der Waals surface area (Å²) in [5, 5.41) is 3.32. The first-order valence-corrected chi connectivity index (χ1v) is 14.3. The van der Waals surface area contributed by atoms with Crippen molar-refractivity contribution in [1.29, 1.82) is 0 Å². The van der Waals surface area contributed by atoms with Crippen LogP contribution < -0.4 is 14.4 Å². The first-order valence-electron chi connectivity index (χ1n) is 12.0. The van der Waals surface area contributed by atoms with Crippen LogP contribution in [-0.2, 0) is 20.2 Å². The fraction of sp³-hybridized carbons (Fsp3) is 0.500. The lowest BCUT2D eigenvalue weighted by Gasteiger charge is -2.57. The van der Waals surface area contributed by atoms with Crippen molar-refractivity contribution < 1.29 is 17.9 Å². The molecular weight excluding hydrogens is 472 g/mol. The summed E-state index contributed by atoms with van der Waals surface area (Å²) in [5.74, 6) is 2.58. The summed E-state index contributed by atoms with van der Waals surface area (Å²) in [6.07, 6.45) is 8.27. The summed E-state index contributed by atoms with van der Waals surface area (Å²) < 4.78 is 31.8. The van der Waals surface area contributed by atoms with Gasteiger partial charge in [-0.15, -0.1) is 0 Å².